The number of aliphatic hydroxyl groups is 8. The predicted molar refractivity (Wildman–Crippen MR) is 225 cm³/mol. The minimum atomic E-state index is -1.99. The van der Waals surface area contributed by atoms with E-state index in [9.17, 15) is 60.7 Å². The molecule has 65 heavy (non-hydrogen) atoms. The van der Waals surface area contributed by atoms with Crippen molar-refractivity contribution in [2.45, 2.75) is 205 Å². The van der Waals surface area contributed by atoms with Crippen molar-refractivity contribution in [3.8, 4) is 0 Å². The van der Waals surface area contributed by atoms with Gasteiger partial charge in [0, 0.05) is 0 Å². The first-order valence-corrected chi connectivity index (χ1v) is 23.7. The van der Waals surface area contributed by atoms with Gasteiger partial charge in [-0.25, -0.2) is 4.79 Å². The van der Waals surface area contributed by atoms with E-state index < -0.39 is 128 Å². The van der Waals surface area contributed by atoms with Crippen LogP contribution in [0.3, 0.4) is 0 Å². The van der Waals surface area contributed by atoms with E-state index in [1.165, 1.54) is 5.57 Å². The molecule has 3 aliphatic heterocycles. The van der Waals surface area contributed by atoms with Gasteiger partial charge >= 0.3 is 11.9 Å². The standard InChI is InChI=1S/C47H74O18/c1-42(2)14-16-47(41(58)59)17-15-45(6)21(22(47)18-42)8-9-26-44(5)12-11-27(43(3,4)25(44)10-13-46(26,45)7)62-40-33(55)34(63-39-32(54)30(52)28(50)23(19-48)60-39)35(36(65-40)37(56)57)64-38-31(53)29(51)24(20-49)61-38/h8,22-36,38-40,48-55H,9-20H2,1-7H3,(H,56,57)(H,58,59)/t22-,23+,24-,25-,26+,27-,28+,29-,30-,31+,32+,33+,34+,35-,36-,38-,39-,40+,44-,45+,46+,47-/m0/s1. The SMILES string of the molecule is CC1(C)CC[C@]2(C(=O)O)CC[C@]3(C)C(=CC[C@@H]4[C@@]5(C)CC[C@H](O[C@@H]6O[C@H](C(=O)O)[C@@H](O[C@@H]7O[C@@H](CO)[C@H](O)[C@H]7O)[C@H](O[C@@H]7O[C@H](CO)[C@@H](O)[C@H](O)[C@H]7O)[C@H]6O)C(C)(C)[C@@H]5CC[C@]43C)[C@@H]2C1. The lowest BCUT2D eigenvalue weighted by atomic mass is 9.33. The summed E-state index contributed by atoms with van der Waals surface area (Å²) in [6.07, 6.45) is -14.9. The van der Waals surface area contributed by atoms with Crippen LogP contribution in [0.2, 0.25) is 0 Å². The number of aliphatic carboxylic acids is 2. The largest absolute Gasteiger partial charge is 0.481 e. The highest BCUT2D eigenvalue weighted by atomic mass is 16.8. The van der Waals surface area contributed by atoms with Crippen LogP contribution < -0.4 is 0 Å². The lowest BCUT2D eigenvalue weighted by molar-refractivity contribution is -0.378. The van der Waals surface area contributed by atoms with Crippen molar-refractivity contribution in [3.05, 3.63) is 11.6 Å². The molecule has 0 radical (unpaired) electrons. The number of ether oxygens (including phenoxy) is 6. The Kier molecular flexibility index (Phi) is 13.1. The summed E-state index contributed by atoms with van der Waals surface area (Å²) >= 11 is 0. The molecule has 0 aromatic carbocycles. The number of rotatable bonds is 10. The van der Waals surface area contributed by atoms with Crippen LogP contribution in [0.25, 0.3) is 0 Å². The van der Waals surface area contributed by atoms with Crippen LogP contribution in [-0.4, -0.2) is 168 Å². The Bertz CT molecular complexity index is 1820. The second-order valence-corrected chi connectivity index (χ2v) is 23.0. The van der Waals surface area contributed by atoms with Crippen LogP contribution in [0.15, 0.2) is 11.6 Å². The highest BCUT2D eigenvalue weighted by molar-refractivity contribution is 5.76. The number of hydrogen-bond acceptors (Lipinski definition) is 16. The summed E-state index contributed by atoms with van der Waals surface area (Å²) in [6, 6.07) is 0. The highest BCUT2D eigenvalue weighted by Crippen LogP contribution is 2.76. The van der Waals surface area contributed by atoms with Gasteiger partial charge in [-0.2, -0.15) is 0 Å². The zero-order chi connectivity index (χ0) is 47.6. The van der Waals surface area contributed by atoms with Gasteiger partial charge < -0.3 is 79.5 Å². The predicted octanol–water partition coefficient (Wildman–Crippen LogP) is 1.44. The quantitative estimate of drug-likeness (QED) is 0.110. The minimum absolute atomic E-state index is 0.0127. The molecule has 8 rings (SSSR count). The van der Waals surface area contributed by atoms with Crippen molar-refractivity contribution in [2.75, 3.05) is 13.2 Å². The third-order valence-electron chi connectivity index (χ3n) is 19.0. The van der Waals surface area contributed by atoms with Crippen molar-refractivity contribution in [2.24, 2.45) is 50.2 Å². The molecule has 3 heterocycles. The van der Waals surface area contributed by atoms with Gasteiger partial charge in [0.25, 0.3) is 0 Å². The second-order valence-electron chi connectivity index (χ2n) is 23.0. The summed E-state index contributed by atoms with van der Waals surface area (Å²) in [6.45, 7) is 14.5. The maximum absolute atomic E-state index is 13.1. The Morgan fingerprint density at radius 3 is 1.82 bits per heavy atom. The average Bonchev–Trinajstić information content (AvgIpc) is 3.51. The first-order chi connectivity index (χ1) is 30.3. The maximum Gasteiger partial charge on any atom is 0.335 e. The van der Waals surface area contributed by atoms with Gasteiger partial charge in [0.15, 0.2) is 25.0 Å². The Hall–Kier alpha value is -1.88. The molecule has 0 amide bonds. The molecule has 7 fully saturated rings. The molecule has 10 N–H and O–H groups in total. The summed E-state index contributed by atoms with van der Waals surface area (Å²) in [7, 11) is 0. The van der Waals surface area contributed by atoms with Gasteiger partial charge in [0.2, 0.25) is 0 Å². The van der Waals surface area contributed by atoms with Crippen LogP contribution >= 0.6 is 0 Å². The second kappa shape index (κ2) is 17.2. The Labute approximate surface area is 380 Å². The van der Waals surface area contributed by atoms with Crippen LogP contribution in [-0.2, 0) is 38.0 Å². The summed E-state index contributed by atoms with van der Waals surface area (Å²) in [4.78, 5) is 26.2. The monoisotopic (exact) mass is 926 g/mol. The van der Waals surface area contributed by atoms with Crippen molar-refractivity contribution in [1.29, 1.82) is 0 Å². The maximum atomic E-state index is 13.1. The fourth-order valence-corrected chi connectivity index (χ4v) is 14.9. The van der Waals surface area contributed by atoms with E-state index in [1.54, 1.807) is 0 Å². The number of allylic oxidation sites excluding steroid dienone is 2. The number of hydrogen-bond donors (Lipinski definition) is 10. The molecule has 370 valence electrons. The van der Waals surface area contributed by atoms with Gasteiger partial charge in [-0.1, -0.05) is 60.1 Å². The number of fused-ring (bicyclic) bond motifs is 7. The van der Waals surface area contributed by atoms with Gasteiger partial charge in [-0.05, 0) is 109 Å². The number of carboxylic acids is 2. The van der Waals surface area contributed by atoms with Crippen molar-refractivity contribution < 1.29 is 89.1 Å². The number of carboxylic acid groups (broad SMARTS) is 2. The summed E-state index contributed by atoms with van der Waals surface area (Å²) in [5.74, 6) is -1.89. The van der Waals surface area contributed by atoms with Crippen LogP contribution in [0, 0.1) is 50.2 Å². The van der Waals surface area contributed by atoms with Gasteiger partial charge in [0.1, 0.15) is 61.0 Å². The first-order valence-electron chi connectivity index (χ1n) is 23.7. The molecular weight excluding hydrogens is 852 g/mol. The fourth-order valence-electron chi connectivity index (χ4n) is 14.9. The number of aliphatic hydroxyl groups excluding tert-OH is 8. The third-order valence-corrected chi connectivity index (χ3v) is 19.0. The molecule has 22 atom stereocenters. The van der Waals surface area contributed by atoms with Gasteiger partial charge in [-0.15, -0.1) is 0 Å². The Morgan fingerprint density at radius 2 is 1.22 bits per heavy atom. The van der Waals surface area contributed by atoms with E-state index in [2.05, 4.69) is 54.5 Å². The van der Waals surface area contributed by atoms with E-state index >= 15 is 0 Å². The molecule has 0 spiro atoms. The molecule has 5 aliphatic carbocycles. The normalized spacial score (nSPS) is 52.6. The lowest BCUT2D eigenvalue weighted by Gasteiger charge is -2.71. The summed E-state index contributed by atoms with van der Waals surface area (Å²) in [5.41, 5.74) is -0.370. The lowest BCUT2D eigenvalue weighted by Crippen LogP contribution is -2.68. The van der Waals surface area contributed by atoms with E-state index in [-0.39, 0.29) is 39.4 Å². The average molecular weight is 927 g/mol. The molecular formula is C47H74O18. The Balaban J connectivity index is 1.06. The topological polar surface area (TPSA) is 292 Å². The van der Waals surface area contributed by atoms with Crippen molar-refractivity contribution in [3.63, 3.8) is 0 Å². The minimum Gasteiger partial charge on any atom is -0.481 e. The molecule has 18 heteroatoms. The summed E-state index contributed by atoms with van der Waals surface area (Å²) in [5, 5.41) is 106. The van der Waals surface area contributed by atoms with Crippen molar-refractivity contribution in [1.82, 2.24) is 0 Å². The van der Waals surface area contributed by atoms with Gasteiger partial charge in [-0.3, -0.25) is 4.79 Å². The summed E-state index contributed by atoms with van der Waals surface area (Å²) < 4.78 is 35.8. The smallest absolute Gasteiger partial charge is 0.335 e. The molecule has 0 bridgehead atoms. The molecule has 0 aromatic rings. The third kappa shape index (κ3) is 7.67. The highest BCUT2D eigenvalue weighted by Gasteiger charge is 2.70. The fraction of sp³-hybridized carbons (Fsp3) is 0.915. The van der Waals surface area contributed by atoms with Crippen LogP contribution in [0.1, 0.15) is 113 Å². The van der Waals surface area contributed by atoms with E-state index in [0.717, 1.165) is 44.9 Å². The first kappa shape index (κ1) is 49.5. The number of carbonyl (C=O) groups is 2. The van der Waals surface area contributed by atoms with Crippen molar-refractivity contribution >= 4 is 11.9 Å². The molecule has 8 aliphatic rings. The van der Waals surface area contributed by atoms with Crippen LogP contribution in [0.5, 0.6) is 0 Å². The molecule has 0 unspecified atom stereocenters. The zero-order valence-electron chi connectivity index (χ0n) is 38.7. The molecule has 18 nitrogen and oxygen atoms in total. The van der Waals surface area contributed by atoms with E-state index in [1.807, 2.05) is 0 Å². The molecule has 4 saturated carbocycles. The van der Waals surface area contributed by atoms with Crippen LogP contribution in [0.4, 0.5) is 0 Å². The van der Waals surface area contributed by atoms with E-state index in [4.69, 9.17) is 28.4 Å². The molecule has 0 aromatic heterocycles. The zero-order valence-corrected chi connectivity index (χ0v) is 38.7. The van der Waals surface area contributed by atoms with Gasteiger partial charge in [0.05, 0.1) is 24.7 Å². The molecule has 3 saturated heterocycles. The van der Waals surface area contributed by atoms with E-state index in [0.29, 0.717) is 19.3 Å². The Morgan fingerprint density at radius 1 is 0.646 bits per heavy atom.